The van der Waals surface area contributed by atoms with Crippen LogP contribution in [0.15, 0.2) is 0 Å². The van der Waals surface area contributed by atoms with E-state index in [0.29, 0.717) is 6.04 Å². The van der Waals surface area contributed by atoms with Crippen LogP contribution < -0.4 is 11.1 Å². The number of amides is 1. The van der Waals surface area contributed by atoms with E-state index in [1.165, 1.54) is 25.7 Å². The van der Waals surface area contributed by atoms with Gasteiger partial charge in [0.1, 0.15) is 0 Å². The van der Waals surface area contributed by atoms with E-state index >= 15 is 0 Å². The van der Waals surface area contributed by atoms with Crippen LogP contribution in [0.4, 0.5) is 0 Å². The predicted molar refractivity (Wildman–Crippen MR) is 62.4 cm³/mol. The molecule has 0 saturated heterocycles. The molecular formula is C12H24N2O. The van der Waals surface area contributed by atoms with Crippen molar-refractivity contribution in [3.8, 4) is 0 Å². The first-order valence-corrected chi connectivity index (χ1v) is 6.17. The summed E-state index contributed by atoms with van der Waals surface area (Å²) in [4.78, 5) is 11.7. The van der Waals surface area contributed by atoms with Crippen molar-refractivity contribution >= 4 is 5.91 Å². The highest BCUT2D eigenvalue weighted by molar-refractivity contribution is 5.81. The Bertz CT molecular complexity index is 196. The van der Waals surface area contributed by atoms with Gasteiger partial charge in [0.2, 0.25) is 5.91 Å². The molecule has 0 aromatic rings. The Balaban J connectivity index is 2.35. The van der Waals surface area contributed by atoms with Gasteiger partial charge in [-0.3, -0.25) is 4.79 Å². The monoisotopic (exact) mass is 212 g/mol. The summed E-state index contributed by atoms with van der Waals surface area (Å²) in [6.07, 6.45) is 7.34. The Morgan fingerprint density at radius 1 is 1.20 bits per heavy atom. The van der Waals surface area contributed by atoms with Gasteiger partial charge in [0.15, 0.2) is 0 Å². The van der Waals surface area contributed by atoms with Crippen molar-refractivity contribution < 1.29 is 4.79 Å². The molecule has 0 aromatic carbocycles. The van der Waals surface area contributed by atoms with E-state index in [4.69, 9.17) is 5.73 Å². The van der Waals surface area contributed by atoms with Crippen LogP contribution in [0.3, 0.4) is 0 Å². The lowest BCUT2D eigenvalue weighted by atomic mass is 10.0. The minimum Gasteiger partial charge on any atom is -0.352 e. The zero-order chi connectivity index (χ0) is 11.3. The normalized spacial score (nSPS) is 21.1. The quantitative estimate of drug-likeness (QED) is 0.701. The van der Waals surface area contributed by atoms with Crippen LogP contribution >= 0.6 is 0 Å². The van der Waals surface area contributed by atoms with Crippen LogP contribution in [-0.2, 0) is 4.79 Å². The Kier molecular flexibility index (Phi) is 5.09. The summed E-state index contributed by atoms with van der Waals surface area (Å²) in [6, 6.07) is 0.0121. The van der Waals surface area contributed by atoms with Crippen LogP contribution in [-0.4, -0.2) is 18.0 Å². The summed E-state index contributed by atoms with van der Waals surface area (Å²) in [7, 11) is 0. The van der Waals surface area contributed by atoms with Gasteiger partial charge in [-0.05, 0) is 18.8 Å². The Hall–Kier alpha value is -0.570. The third-order valence-electron chi connectivity index (χ3n) is 3.22. The summed E-state index contributed by atoms with van der Waals surface area (Å²) >= 11 is 0. The molecule has 0 spiro atoms. The first-order valence-electron chi connectivity index (χ1n) is 6.17. The van der Waals surface area contributed by atoms with Gasteiger partial charge in [-0.15, -0.1) is 0 Å². The maximum Gasteiger partial charge on any atom is 0.237 e. The second-order valence-corrected chi connectivity index (χ2v) is 4.97. The molecule has 3 heteroatoms. The molecule has 1 fully saturated rings. The second kappa shape index (κ2) is 6.11. The zero-order valence-electron chi connectivity index (χ0n) is 9.96. The second-order valence-electron chi connectivity index (χ2n) is 4.97. The van der Waals surface area contributed by atoms with Crippen molar-refractivity contribution in [2.45, 2.75) is 64.5 Å². The van der Waals surface area contributed by atoms with Crippen molar-refractivity contribution in [1.29, 1.82) is 0 Å². The van der Waals surface area contributed by atoms with Crippen LogP contribution in [0.5, 0.6) is 0 Å². The smallest absolute Gasteiger partial charge is 0.237 e. The first kappa shape index (κ1) is 12.5. The van der Waals surface area contributed by atoms with E-state index in [2.05, 4.69) is 5.32 Å². The molecule has 1 rings (SSSR count). The van der Waals surface area contributed by atoms with Gasteiger partial charge in [0.05, 0.1) is 6.04 Å². The molecule has 0 heterocycles. The molecule has 1 amide bonds. The maximum atomic E-state index is 11.7. The number of nitrogens with one attached hydrogen (secondary N) is 1. The van der Waals surface area contributed by atoms with Crippen molar-refractivity contribution in [3.05, 3.63) is 0 Å². The van der Waals surface area contributed by atoms with E-state index in [1.807, 2.05) is 13.8 Å². The molecule has 0 bridgehead atoms. The van der Waals surface area contributed by atoms with E-state index < -0.39 is 0 Å². The molecule has 88 valence electrons. The molecule has 0 aliphatic heterocycles. The number of rotatable bonds is 3. The van der Waals surface area contributed by atoms with E-state index in [0.717, 1.165) is 12.8 Å². The van der Waals surface area contributed by atoms with Gasteiger partial charge in [0.25, 0.3) is 0 Å². The molecular weight excluding hydrogens is 188 g/mol. The number of nitrogens with two attached hydrogens (primary N) is 1. The largest absolute Gasteiger partial charge is 0.352 e. The van der Waals surface area contributed by atoms with Gasteiger partial charge in [-0.1, -0.05) is 39.5 Å². The SMILES string of the molecule is CC(C)C(N)C(=O)NC1CCCCCC1. The van der Waals surface area contributed by atoms with Crippen molar-refractivity contribution in [2.75, 3.05) is 0 Å². The van der Waals surface area contributed by atoms with E-state index in [9.17, 15) is 4.79 Å². The fourth-order valence-corrected chi connectivity index (χ4v) is 2.02. The predicted octanol–water partition coefficient (Wildman–Crippen LogP) is 1.81. The molecule has 1 aliphatic rings. The molecule has 0 radical (unpaired) electrons. The number of carbonyl (C=O) groups excluding carboxylic acids is 1. The Morgan fingerprint density at radius 2 is 1.73 bits per heavy atom. The van der Waals surface area contributed by atoms with Crippen LogP contribution in [0.1, 0.15) is 52.4 Å². The lowest BCUT2D eigenvalue weighted by molar-refractivity contribution is -0.124. The highest BCUT2D eigenvalue weighted by Crippen LogP contribution is 2.17. The summed E-state index contributed by atoms with van der Waals surface area (Å²) in [6.45, 7) is 3.97. The highest BCUT2D eigenvalue weighted by Gasteiger charge is 2.21. The van der Waals surface area contributed by atoms with Crippen molar-refractivity contribution in [1.82, 2.24) is 5.32 Å². The molecule has 3 nitrogen and oxygen atoms in total. The fourth-order valence-electron chi connectivity index (χ4n) is 2.02. The number of hydrogen-bond donors (Lipinski definition) is 2. The molecule has 1 aliphatic carbocycles. The number of hydrogen-bond acceptors (Lipinski definition) is 2. The summed E-state index contributed by atoms with van der Waals surface area (Å²) in [5.74, 6) is 0.243. The molecule has 1 atom stereocenters. The first-order chi connectivity index (χ1) is 7.11. The topological polar surface area (TPSA) is 55.1 Å². The van der Waals surface area contributed by atoms with Gasteiger partial charge in [0, 0.05) is 6.04 Å². The van der Waals surface area contributed by atoms with Crippen molar-refractivity contribution in [3.63, 3.8) is 0 Å². The lowest BCUT2D eigenvalue weighted by Crippen LogP contribution is -2.47. The fraction of sp³-hybridized carbons (Fsp3) is 0.917. The average Bonchev–Trinajstić information content (AvgIpc) is 2.45. The standard InChI is InChI=1S/C12H24N2O/c1-9(2)11(13)12(15)14-10-7-5-3-4-6-8-10/h9-11H,3-8,13H2,1-2H3,(H,14,15). The maximum absolute atomic E-state index is 11.7. The molecule has 0 aromatic heterocycles. The summed E-state index contributed by atoms with van der Waals surface area (Å²) in [5, 5.41) is 3.08. The average molecular weight is 212 g/mol. The van der Waals surface area contributed by atoms with Crippen LogP contribution in [0.2, 0.25) is 0 Å². The third-order valence-corrected chi connectivity index (χ3v) is 3.22. The Labute approximate surface area is 92.8 Å². The summed E-state index contributed by atoms with van der Waals surface area (Å²) in [5.41, 5.74) is 5.80. The van der Waals surface area contributed by atoms with E-state index in [-0.39, 0.29) is 17.9 Å². The molecule has 3 N–H and O–H groups in total. The molecule has 1 saturated carbocycles. The Morgan fingerprint density at radius 3 is 2.20 bits per heavy atom. The minimum absolute atomic E-state index is 0.0249. The highest BCUT2D eigenvalue weighted by atomic mass is 16.2. The van der Waals surface area contributed by atoms with Crippen molar-refractivity contribution in [2.24, 2.45) is 11.7 Å². The van der Waals surface area contributed by atoms with E-state index in [1.54, 1.807) is 0 Å². The van der Waals surface area contributed by atoms with Gasteiger partial charge < -0.3 is 11.1 Å². The van der Waals surface area contributed by atoms with Gasteiger partial charge in [-0.2, -0.15) is 0 Å². The minimum atomic E-state index is -0.353. The van der Waals surface area contributed by atoms with Crippen LogP contribution in [0.25, 0.3) is 0 Å². The molecule has 1 unspecified atom stereocenters. The van der Waals surface area contributed by atoms with Gasteiger partial charge in [-0.25, -0.2) is 0 Å². The number of carbonyl (C=O) groups is 1. The third kappa shape index (κ3) is 4.20. The lowest BCUT2D eigenvalue weighted by Gasteiger charge is -2.21. The summed E-state index contributed by atoms with van der Waals surface area (Å²) < 4.78 is 0. The molecule has 15 heavy (non-hydrogen) atoms. The zero-order valence-corrected chi connectivity index (χ0v) is 9.96. The van der Waals surface area contributed by atoms with Crippen LogP contribution in [0, 0.1) is 5.92 Å². The van der Waals surface area contributed by atoms with Gasteiger partial charge >= 0.3 is 0 Å².